The molecule has 6 nitrogen and oxygen atoms in total. The van der Waals surface area contributed by atoms with Gasteiger partial charge in [0.1, 0.15) is 5.75 Å². The molecule has 152 valence electrons. The van der Waals surface area contributed by atoms with Gasteiger partial charge in [-0.05, 0) is 52.5 Å². The molecule has 0 radical (unpaired) electrons. The zero-order valence-electron chi connectivity index (χ0n) is 16.3. The lowest BCUT2D eigenvalue weighted by Gasteiger charge is -2.29. The molecule has 1 aliphatic rings. The van der Waals surface area contributed by atoms with E-state index in [1.807, 2.05) is 55.5 Å². The lowest BCUT2D eigenvalue weighted by Crippen LogP contribution is -2.45. The van der Waals surface area contributed by atoms with Crippen LogP contribution >= 0.6 is 15.9 Å². The largest absolute Gasteiger partial charge is 0.492 e. The molecule has 0 fully saturated rings. The molecule has 7 heteroatoms. The Morgan fingerprint density at radius 2 is 1.90 bits per heavy atom. The van der Waals surface area contributed by atoms with Gasteiger partial charge in [-0.1, -0.05) is 43.3 Å². The van der Waals surface area contributed by atoms with Gasteiger partial charge in [-0.15, -0.1) is 0 Å². The fourth-order valence-corrected chi connectivity index (χ4v) is 3.61. The molecular formula is C22H23BrN2O4. The number of nitrogens with one attached hydrogen (secondary N) is 2. The number of hydrogen-bond acceptors (Lipinski definition) is 4. The molecule has 2 aromatic carbocycles. The second-order valence-electron chi connectivity index (χ2n) is 6.44. The number of hydrogen-bond donors (Lipinski definition) is 2. The normalized spacial score (nSPS) is 16.1. The Morgan fingerprint density at radius 3 is 2.55 bits per heavy atom. The molecule has 0 bridgehead atoms. The van der Waals surface area contributed by atoms with Crippen molar-refractivity contribution in [2.75, 3.05) is 13.2 Å². The summed E-state index contributed by atoms with van der Waals surface area (Å²) in [4.78, 5) is 25.3. The fraction of sp³-hybridized carbons (Fsp3) is 0.273. The SMILES string of the molecule is CCCOc1ccc(C2NC(=O)NC(c3ccccc3)=C2C(=O)OCC)cc1Br. The summed E-state index contributed by atoms with van der Waals surface area (Å²) in [6, 6.07) is 13.7. The predicted molar refractivity (Wildman–Crippen MR) is 114 cm³/mol. The van der Waals surface area contributed by atoms with Gasteiger partial charge in [-0.25, -0.2) is 9.59 Å². The number of benzene rings is 2. The molecule has 0 aromatic heterocycles. The van der Waals surface area contributed by atoms with Gasteiger partial charge in [-0.3, -0.25) is 0 Å². The van der Waals surface area contributed by atoms with Gasteiger partial charge in [0.15, 0.2) is 0 Å². The van der Waals surface area contributed by atoms with Crippen molar-refractivity contribution >= 4 is 33.6 Å². The monoisotopic (exact) mass is 458 g/mol. The van der Waals surface area contributed by atoms with Crippen LogP contribution in [0.2, 0.25) is 0 Å². The van der Waals surface area contributed by atoms with Crippen molar-refractivity contribution in [3.63, 3.8) is 0 Å². The summed E-state index contributed by atoms with van der Waals surface area (Å²) < 4.78 is 11.8. The number of amides is 2. The molecule has 0 aliphatic carbocycles. The van der Waals surface area contributed by atoms with E-state index in [-0.39, 0.29) is 12.6 Å². The molecule has 0 spiro atoms. The minimum absolute atomic E-state index is 0.235. The summed E-state index contributed by atoms with van der Waals surface area (Å²) in [7, 11) is 0. The molecule has 3 rings (SSSR count). The summed E-state index contributed by atoms with van der Waals surface area (Å²) in [5.41, 5.74) is 2.27. The van der Waals surface area contributed by atoms with Gasteiger partial charge in [0.2, 0.25) is 0 Å². The van der Waals surface area contributed by atoms with Crippen LogP contribution in [-0.2, 0) is 9.53 Å². The van der Waals surface area contributed by atoms with E-state index in [0.29, 0.717) is 23.6 Å². The van der Waals surface area contributed by atoms with Crippen LogP contribution in [0.15, 0.2) is 58.6 Å². The van der Waals surface area contributed by atoms with Gasteiger partial charge < -0.3 is 20.1 Å². The van der Waals surface area contributed by atoms with Gasteiger partial charge in [0.05, 0.1) is 35.0 Å². The number of urea groups is 1. The smallest absolute Gasteiger partial charge is 0.338 e. The third-order valence-corrected chi connectivity index (χ3v) is 5.00. The Kier molecular flexibility index (Phi) is 6.93. The maximum atomic E-state index is 12.9. The van der Waals surface area contributed by atoms with Crippen molar-refractivity contribution < 1.29 is 19.1 Å². The Labute approximate surface area is 178 Å². The zero-order valence-corrected chi connectivity index (χ0v) is 17.9. The average molecular weight is 459 g/mol. The van der Waals surface area contributed by atoms with Crippen molar-refractivity contribution in [2.45, 2.75) is 26.3 Å². The fourth-order valence-electron chi connectivity index (χ4n) is 3.10. The number of ether oxygens (including phenoxy) is 2. The molecule has 2 aromatic rings. The van der Waals surface area contributed by atoms with Crippen LogP contribution < -0.4 is 15.4 Å². The first-order valence-corrected chi connectivity index (χ1v) is 10.3. The first-order chi connectivity index (χ1) is 14.0. The van der Waals surface area contributed by atoms with Gasteiger partial charge in [0.25, 0.3) is 0 Å². The van der Waals surface area contributed by atoms with E-state index < -0.39 is 12.0 Å². The van der Waals surface area contributed by atoms with Crippen LogP contribution in [0.4, 0.5) is 4.79 Å². The van der Waals surface area contributed by atoms with E-state index in [2.05, 4.69) is 26.6 Å². The zero-order chi connectivity index (χ0) is 20.8. The van der Waals surface area contributed by atoms with E-state index in [9.17, 15) is 9.59 Å². The Balaban J connectivity index is 2.09. The van der Waals surface area contributed by atoms with E-state index in [0.717, 1.165) is 22.0 Å². The third-order valence-electron chi connectivity index (χ3n) is 4.38. The van der Waals surface area contributed by atoms with Crippen molar-refractivity contribution in [3.8, 4) is 5.75 Å². The molecule has 1 heterocycles. The first kappa shape index (κ1) is 20.9. The van der Waals surface area contributed by atoms with E-state index in [1.54, 1.807) is 6.92 Å². The Morgan fingerprint density at radius 1 is 1.14 bits per heavy atom. The topological polar surface area (TPSA) is 76.7 Å². The molecule has 2 N–H and O–H groups in total. The Bertz CT molecular complexity index is 928. The minimum atomic E-state index is -0.658. The van der Waals surface area contributed by atoms with Crippen LogP contribution in [0.25, 0.3) is 5.70 Å². The second-order valence-corrected chi connectivity index (χ2v) is 7.30. The number of rotatable bonds is 7. The van der Waals surface area contributed by atoms with Crippen LogP contribution in [-0.4, -0.2) is 25.2 Å². The van der Waals surface area contributed by atoms with E-state index in [1.165, 1.54) is 0 Å². The maximum absolute atomic E-state index is 12.9. The molecule has 1 atom stereocenters. The number of carbonyl (C=O) groups is 2. The van der Waals surface area contributed by atoms with Crippen molar-refractivity contribution in [1.29, 1.82) is 0 Å². The maximum Gasteiger partial charge on any atom is 0.338 e. The average Bonchev–Trinajstić information content (AvgIpc) is 2.73. The van der Waals surface area contributed by atoms with Gasteiger partial charge >= 0.3 is 12.0 Å². The summed E-state index contributed by atoms with van der Waals surface area (Å²) >= 11 is 3.52. The van der Waals surface area contributed by atoms with Crippen molar-refractivity contribution in [2.24, 2.45) is 0 Å². The van der Waals surface area contributed by atoms with Gasteiger partial charge in [-0.2, -0.15) is 0 Å². The quantitative estimate of drug-likeness (QED) is 0.595. The predicted octanol–water partition coefficient (Wildman–Crippen LogP) is 4.57. The lowest BCUT2D eigenvalue weighted by molar-refractivity contribution is -0.138. The van der Waals surface area contributed by atoms with E-state index in [4.69, 9.17) is 9.47 Å². The van der Waals surface area contributed by atoms with Crippen molar-refractivity contribution in [3.05, 3.63) is 69.7 Å². The molecule has 2 amide bonds. The summed E-state index contributed by atoms with van der Waals surface area (Å²) in [6.45, 7) is 4.63. The standard InChI is InChI=1S/C22H23BrN2O4/c1-3-12-29-17-11-10-15(13-16(17)23)20-18(21(26)28-4-2)19(24-22(27)25-20)14-8-6-5-7-9-14/h5-11,13,20H,3-4,12H2,1-2H3,(H2,24,25,27). The number of carbonyl (C=O) groups excluding carboxylic acids is 2. The van der Waals surface area contributed by atoms with Crippen molar-refractivity contribution in [1.82, 2.24) is 10.6 Å². The molecular weight excluding hydrogens is 436 g/mol. The number of halogens is 1. The first-order valence-electron chi connectivity index (χ1n) is 9.51. The lowest BCUT2D eigenvalue weighted by atomic mass is 9.92. The Hall–Kier alpha value is -2.80. The molecule has 0 saturated carbocycles. The number of esters is 1. The highest BCUT2D eigenvalue weighted by Gasteiger charge is 2.34. The molecule has 29 heavy (non-hydrogen) atoms. The molecule has 0 saturated heterocycles. The van der Waals surface area contributed by atoms with Gasteiger partial charge in [0, 0.05) is 0 Å². The van der Waals surface area contributed by atoms with E-state index >= 15 is 0 Å². The third kappa shape index (κ3) is 4.79. The highest BCUT2D eigenvalue weighted by molar-refractivity contribution is 9.10. The van der Waals surface area contributed by atoms with Crippen LogP contribution in [0, 0.1) is 0 Å². The minimum Gasteiger partial charge on any atom is -0.492 e. The van der Waals surface area contributed by atoms with Crippen LogP contribution in [0.3, 0.4) is 0 Å². The summed E-state index contributed by atoms with van der Waals surface area (Å²) in [6.07, 6.45) is 0.898. The van der Waals surface area contributed by atoms with Crippen LogP contribution in [0.5, 0.6) is 5.75 Å². The molecule has 1 unspecified atom stereocenters. The van der Waals surface area contributed by atoms with Crippen LogP contribution in [0.1, 0.15) is 37.4 Å². The highest BCUT2D eigenvalue weighted by atomic mass is 79.9. The second kappa shape index (κ2) is 9.60. The molecule has 1 aliphatic heterocycles. The highest BCUT2D eigenvalue weighted by Crippen LogP contribution is 2.35. The summed E-state index contributed by atoms with van der Waals surface area (Å²) in [5, 5.41) is 5.61. The summed E-state index contributed by atoms with van der Waals surface area (Å²) in [5.74, 6) is 0.229.